The van der Waals surface area contributed by atoms with E-state index in [-0.39, 0.29) is 5.41 Å². The SMILES string of the molecule is Cc1ccc(C2(c3ccc(C)cc3)[CH]CC2)cc1. The van der Waals surface area contributed by atoms with E-state index in [1.807, 2.05) is 0 Å². The molecule has 0 saturated heterocycles. The molecule has 0 heterocycles. The van der Waals surface area contributed by atoms with Gasteiger partial charge in [0.25, 0.3) is 0 Å². The van der Waals surface area contributed by atoms with Gasteiger partial charge in [0.05, 0.1) is 0 Å². The third-order valence-corrected chi connectivity index (χ3v) is 4.16. The first-order valence-electron chi connectivity index (χ1n) is 6.69. The van der Waals surface area contributed by atoms with Crippen LogP contribution in [0.4, 0.5) is 0 Å². The van der Waals surface area contributed by atoms with Crippen LogP contribution in [0.15, 0.2) is 48.5 Å². The molecule has 1 radical (unpaired) electrons. The van der Waals surface area contributed by atoms with Crippen molar-refractivity contribution in [1.29, 1.82) is 0 Å². The fourth-order valence-electron chi connectivity index (χ4n) is 2.83. The highest BCUT2D eigenvalue weighted by atomic mass is 14.4. The zero-order valence-electron chi connectivity index (χ0n) is 11.1. The van der Waals surface area contributed by atoms with Crippen molar-refractivity contribution in [2.75, 3.05) is 0 Å². The van der Waals surface area contributed by atoms with Crippen molar-refractivity contribution in [3.8, 4) is 0 Å². The van der Waals surface area contributed by atoms with Gasteiger partial charge in [-0.15, -0.1) is 0 Å². The van der Waals surface area contributed by atoms with Crippen LogP contribution in [0.1, 0.15) is 35.1 Å². The van der Waals surface area contributed by atoms with E-state index in [2.05, 4.69) is 68.8 Å². The number of hydrogen-bond donors (Lipinski definition) is 0. The van der Waals surface area contributed by atoms with Gasteiger partial charge in [-0.25, -0.2) is 0 Å². The second kappa shape index (κ2) is 4.28. The smallest absolute Gasteiger partial charge is 0.0234 e. The molecule has 0 aliphatic heterocycles. The Morgan fingerprint density at radius 2 is 1.11 bits per heavy atom. The zero-order valence-corrected chi connectivity index (χ0v) is 11.1. The van der Waals surface area contributed by atoms with E-state index < -0.39 is 0 Å². The van der Waals surface area contributed by atoms with E-state index in [1.165, 1.54) is 35.1 Å². The minimum Gasteiger partial charge on any atom is -0.0590 e. The predicted octanol–water partition coefficient (Wildman–Crippen LogP) is 4.59. The molecule has 1 aliphatic carbocycles. The largest absolute Gasteiger partial charge is 0.0590 e. The highest BCUT2D eigenvalue weighted by Gasteiger charge is 2.40. The molecule has 0 spiro atoms. The molecule has 91 valence electrons. The summed E-state index contributed by atoms with van der Waals surface area (Å²) in [6.45, 7) is 4.29. The summed E-state index contributed by atoms with van der Waals surface area (Å²) in [5, 5.41) is 0. The highest BCUT2D eigenvalue weighted by molar-refractivity contribution is 5.47. The van der Waals surface area contributed by atoms with Crippen LogP contribution in [-0.4, -0.2) is 0 Å². The third kappa shape index (κ3) is 1.77. The molecule has 1 saturated carbocycles. The standard InChI is InChI=1S/C18H19/c1-14-4-8-16(9-5-14)18(12-3-13-18)17-10-6-15(2)7-11-17/h4-12H,3,13H2,1-2H3. The molecule has 0 unspecified atom stereocenters. The van der Waals surface area contributed by atoms with Crippen LogP contribution >= 0.6 is 0 Å². The molecule has 0 amide bonds. The maximum absolute atomic E-state index is 2.46. The lowest BCUT2D eigenvalue weighted by Gasteiger charge is -2.43. The van der Waals surface area contributed by atoms with Crippen molar-refractivity contribution in [1.82, 2.24) is 0 Å². The van der Waals surface area contributed by atoms with Gasteiger partial charge in [0.15, 0.2) is 0 Å². The Morgan fingerprint density at radius 1 is 0.722 bits per heavy atom. The van der Waals surface area contributed by atoms with Crippen molar-refractivity contribution in [3.05, 3.63) is 77.2 Å². The summed E-state index contributed by atoms with van der Waals surface area (Å²) in [4.78, 5) is 0. The van der Waals surface area contributed by atoms with E-state index in [4.69, 9.17) is 0 Å². The average molecular weight is 235 g/mol. The van der Waals surface area contributed by atoms with Gasteiger partial charge in [-0.1, -0.05) is 59.7 Å². The minimum atomic E-state index is 0.168. The van der Waals surface area contributed by atoms with E-state index in [1.54, 1.807) is 0 Å². The second-order valence-electron chi connectivity index (χ2n) is 5.45. The number of aryl methyl sites for hydroxylation is 2. The van der Waals surface area contributed by atoms with Crippen LogP contribution < -0.4 is 0 Å². The molecule has 0 atom stereocenters. The Balaban J connectivity index is 2.04. The topological polar surface area (TPSA) is 0 Å². The molecule has 0 aromatic heterocycles. The minimum absolute atomic E-state index is 0.168. The predicted molar refractivity (Wildman–Crippen MR) is 76.7 cm³/mol. The summed E-state index contributed by atoms with van der Waals surface area (Å²) in [5.41, 5.74) is 5.70. The van der Waals surface area contributed by atoms with Gasteiger partial charge in [-0.2, -0.15) is 0 Å². The molecular weight excluding hydrogens is 216 g/mol. The molecule has 0 nitrogen and oxygen atoms in total. The summed E-state index contributed by atoms with van der Waals surface area (Å²) in [6.07, 6.45) is 4.92. The van der Waals surface area contributed by atoms with E-state index in [0.29, 0.717) is 0 Å². The molecule has 1 fully saturated rings. The molecule has 3 rings (SSSR count). The lowest BCUT2D eigenvalue weighted by molar-refractivity contribution is 0.418. The molecule has 0 bridgehead atoms. The molecule has 1 aliphatic rings. The first-order valence-corrected chi connectivity index (χ1v) is 6.69. The van der Waals surface area contributed by atoms with Crippen LogP contribution in [0.5, 0.6) is 0 Å². The fraction of sp³-hybridized carbons (Fsp3) is 0.278. The third-order valence-electron chi connectivity index (χ3n) is 4.16. The van der Waals surface area contributed by atoms with Crippen LogP contribution in [0, 0.1) is 20.3 Å². The van der Waals surface area contributed by atoms with Gasteiger partial charge < -0.3 is 0 Å². The van der Waals surface area contributed by atoms with Crippen LogP contribution in [-0.2, 0) is 5.41 Å². The first kappa shape index (κ1) is 11.5. The van der Waals surface area contributed by atoms with Gasteiger partial charge >= 0.3 is 0 Å². The second-order valence-corrected chi connectivity index (χ2v) is 5.45. The van der Waals surface area contributed by atoms with Crippen molar-refractivity contribution >= 4 is 0 Å². The Kier molecular flexibility index (Phi) is 2.74. The van der Waals surface area contributed by atoms with E-state index in [0.717, 1.165) is 0 Å². The van der Waals surface area contributed by atoms with Gasteiger partial charge in [0, 0.05) is 5.41 Å². The molecule has 18 heavy (non-hydrogen) atoms. The summed E-state index contributed by atoms with van der Waals surface area (Å²) >= 11 is 0. The van der Waals surface area contributed by atoms with Crippen molar-refractivity contribution < 1.29 is 0 Å². The Labute approximate surface area is 110 Å². The lowest BCUT2D eigenvalue weighted by Crippen LogP contribution is -2.36. The lowest BCUT2D eigenvalue weighted by atomic mass is 9.60. The Morgan fingerprint density at radius 3 is 1.39 bits per heavy atom. The maximum Gasteiger partial charge on any atom is 0.0234 e. The van der Waals surface area contributed by atoms with E-state index >= 15 is 0 Å². The molecule has 0 N–H and O–H groups in total. The number of benzene rings is 2. The summed E-state index contributed by atoms with van der Waals surface area (Å²) in [7, 11) is 0. The Bertz CT molecular complexity index is 480. The fourth-order valence-corrected chi connectivity index (χ4v) is 2.83. The quantitative estimate of drug-likeness (QED) is 0.714. The molecule has 2 aromatic rings. The highest BCUT2D eigenvalue weighted by Crippen LogP contribution is 2.48. The molecule has 2 aromatic carbocycles. The van der Waals surface area contributed by atoms with Gasteiger partial charge in [0.2, 0.25) is 0 Å². The monoisotopic (exact) mass is 235 g/mol. The van der Waals surface area contributed by atoms with E-state index in [9.17, 15) is 0 Å². The van der Waals surface area contributed by atoms with Crippen molar-refractivity contribution in [3.63, 3.8) is 0 Å². The van der Waals surface area contributed by atoms with Crippen LogP contribution in [0.2, 0.25) is 0 Å². The average Bonchev–Trinajstić information content (AvgIpc) is 2.32. The molecule has 0 heteroatoms. The number of rotatable bonds is 2. The van der Waals surface area contributed by atoms with Gasteiger partial charge in [0.1, 0.15) is 0 Å². The van der Waals surface area contributed by atoms with Crippen molar-refractivity contribution in [2.45, 2.75) is 32.1 Å². The Hall–Kier alpha value is -1.56. The van der Waals surface area contributed by atoms with Crippen LogP contribution in [0.25, 0.3) is 0 Å². The zero-order chi connectivity index (χ0) is 12.6. The maximum atomic E-state index is 2.46. The van der Waals surface area contributed by atoms with Gasteiger partial charge in [-0.3, -0.25) is 0 Å². The number of hydrogen-bond acceptors (Lipinski definition) is 0. The normalized spacial score (nSPS) is 17.2. The van der Waals surface area contributed by atoms with Crippen molar-refractivity contribution in [2.24, 2.45) is 0 Å². The summed E-state index contributed by atoms with van der Waals surface area (Å²) in [5.74, 6) is 0. The van der Waals surface area contributed by atoms with Crippen LogP contribution in [0.3, 0.4) is 0 Å². The summed E-state index contributed by atoms with van der Waals surface area (Å²) in [6, 6.07) is 18.0. The first-order chi connectivity index (χ1) is 8.71. The molecular formula is C18H19. The van der Waals surface area contributed by atoms with Gasteiger partial charge in [-0.05, 0) is 44.2 Å². The summed E-state index contributed by atoms with van der Waals surface area (Å²) < 4.78 is 0.